The predicted octanol–water partition coefficient (Wildman–Crippen LogP) is 4.23. The van der Waals surface area contributed by atoms with E-state index in [0.717, 1.165) is 40.8 Å². The maximum Gasteiger partial charge on any atom is 0.253 e. The maximum absolute atomic E-state index is 13.5. The van der Waals surface area contributed by atoms with Crippen LogP contribution in [0.25, 0.3) is 0 Å². The van der Waals surface area contributed by atoms with Crippen LogP contribution in [-0.4, -0.2) is 39.8 Å². The van der Waals surface area contributed by atoms with Gasteiger partial charge < -0.3 is 10.3 Å². The van der Waals surface area contributed by atoms with Crippen LogP contribution in [0.1, 0.15) is 93.6 Å². The first-order chi connectivity index (χ1) is 15.7. The highest BCUT2D eigenvalue weighted by molar-refractivity contribution is 5.85. The van der Waals surface area contributed by atoms with Crippen LogP contribution >= 0.6 is 0 Å². The Hall–Kier alpha value is -2.41. The lowest BCUT2D eigenvalue weighted by Crippen LogP contribution is -2.61. The second kappa shape index (κ2) is 9.45. The molecule has 2 aromatic rings. The van der Waals surface area contributed by atoms with Crippen molar-refractivity contribution in [3.63, 3.8) is 0 Å². The Morgan fingerprint density at radius 1 is 1.21 bits per heavy atom. The zero-order chi connectivity index (χ0) is 23.8. The number of aromatic amines is 1. The third-order valence-corrected chi connectivity index (χ3v) is 7.87. The Morgan fingerprint density at radius 3 is 2.52 bits per heavy atom. The molecule has 2 N–H and O–H groups in total. The normalized spacial score (nSPS) is 22.6. The number of hydrogen-bond donors (Lipinski definition) is 2. The Kier molecular flexibility index (Phi) is 6.80. The molecule has 2 aromatic heterocycles. The van der Waals surface area contributed by atoms with Gasteiger partial charge in [0.1, 0.15) is 0 Å². The van der Waals surface area contributed by atoms with E-state index in [2.05, 4.69) is 35.8 Å². The van der Waals surface area contributed by atoms with Gasteiger partial charge in [-0.3, -0.25) is 14.1 Å². The number of carbonyl (C=O) groups is 1. The number of pyridine rings is 1. The molecule has 33 heavy (non-hydrogen) atoms. The van der Waals surface area contributed by atoms with Crippen LogP contribution in [-0.2, 0) is 11.3 Å². The lowest BCUT2D eigenvalue weighted by Gasteiger charge is -2.48. The summed E-state index contributed by atoms with van der Waals surface area (Å²) in [7, 11) is 0. The van der Waals surface area contributed by atoms with Crippen LogP contribution in [0.2, 0.25) is 0 Å². The fourth-order valence-corrected chi connectivity index (χ4v) is 6.06. The van der Waals surface area contributed by atoms with E-state index in [0.29, 0.717) is 11.6 Å². The second-order valence-corrected chi connectivity index (χ2v) is 10.5. The van der Waals surface area contributed by atoms with E-state index in [4.69, 9.17) is 5.10 Å². The van der Waals surface area contributed by atoms with Gasteiger partial charge >= 0.3 is 0 Å². The summed E-state index contributed by atoms with van der Waals surface area (Å²) >= 11 is 0. The average molecular weight is 455 g/mol. The van der Waals surface area contributed by atoms with E-state index in [9.17, 15) is 9.59 Å². The van der Waals surface area contributed by atoms with Crippen molar-refractivity contribution >= 4 is 11.7 Å². The fourth-order valence-electron chi connectivity index (χ4n) is 6.06. The monoisotopic (exact) mass is 454 g/mol. The summed E-state index contributed by atoms with van der Waals surface area (Å²) in [6, 6.07) is 2.55. The number of nitrogens with zero attached hydrogens (tertiary/aromatic N) is 3. The molecule has 2 unspecified atom stereocenters. The minimum absolute atomic E-state index is 0.00400. The van der Waals surface area contributed by atoms with Gasteiger partial charge in [-0.25, -0.2) is 4.68 Å². The van der Waals surface area contributed by atoms with Crippen LogP contribution in [0.5, 0.6) is 0 Å². The fraction of sp³-hybridized carbons (Fsp3) is 0.654. The molecule has 7 nitrogen and oxygen atoms in total. The number of rotatable bonds is 4. The van der Waals surface area contributed by atoms with Crippen molar-refractivity contribution in [1.29, 1.82) is 0 Å². The molecule has 1 amide bonds. The van der Waals surface area contributed by atoms with Crippen molar-refractivity contribution in [2.24, 2.45) is 0 Å². The highest BCUT2D eigenvalue weighted by Crippen LogP contribution is 2.45. The van der Waals surface area contributed by atoms with Gasteiger partial charge in [0.05, 0.1) is 42.9 Å². The first-order valence-electron chi connectivity index (χ1n) is 12.7. The molecule has 0 aromatic carbocycles. The summed E-state index contributed by atoms with van der Waals surface area (Å²) in [5.41, 5.74) is 3.33. The van der Waals surface area contributed by atoms with Gasteiger partial charge in [-0.1, -0.05) is 6.42 Å². The molecule has 0 saturated carbocycles. The topological polar surface area (TPSA) is 79.8 Å². The number of H-pyrrole nitrogens is 1. The molecule has 2 aliphatic heterocycles. The summed E-state index contributed by atoms with van der Waals surface area (Å²) in [5.74, 6) is 1.01. The van der Waals surface area contributed by atoms with Crippen molar-refractivity contribution in [1.82, 2.24) is 24.6 Å². The van der Waals surface area contributed by atoms with Crippen molar-refractivity contribution in [3.8, 4) is 0 Å². The number of quaternary nitrogens is 1. The Bertz CT molecular complexity index is 1060. The van der Waals surface area contributed by atoms with E-state index >= 15 is 0 Å². The van der Waals surface area contributed by atoms with E-state index in [1.807, 2.05) is 26.1 Å². The van der Waals surface area contributed by atoms with Crippen molar-refractivity contribution < 1.29 is 4.79 Å². The second-order valence-electron chi connectivity index (χ2n) is 10.5. The lowest BCUT2D eigenvalue weighted by molar-refractivity contribution is -0.123. The molecule has 7 heteroatoms. The molecule has 2 aliphatic rings. The Morgan fingerprint density at radius 2 is 1.88 bits per heavy atom. The minimum atomic E-state index is -0.235. The Balaban J connectivity index is 1.65. The van der Waals surface area contributed by atoms with E-state index < -0.39 is 0 Å². The van der Waals surface area contributed by atoms with Crippen LogP contribution in [0.3, 0.4) is 0 Å². The third-order valence-electron chi connectivity index (χ3n) is 7.87. The van der Waals surface area contributed by atoms with E-state index in [1.54, 1.807) is 0 Å². The number of aromatic nitrogens is 3. The Labute approximate surface area is 197 Å². The van der Waals surface area contributed by atoms with Gasteiger partial charge in [0.25, 0.3) is 5.56 Å². The van der Waals surface area contributed by atoms with Crippen LogP contribution < -0.4 is 15.4 Å². The predicted molar refractivity (Wildman–Crippen MR) is 132 cm³/mol. The largest absolute Gasteiger partial charge is 0.351 e. The zero-order valence-corrected chi connectivity index (χ0v) is 20.9. The summed E-state index contributed by atoms with van der Waals surface area (Å²) < 4.78 is 3.12. The van der Waals surface area contributed by atoms with Gasteiger partial charge in [0.15, 0.2) is 0 Å². The molecule has 4 rings (SSSR count). The molecular formula is C26H40N5O2+. The molecule has 1 spiro atoms. The standard InChI is InChI=1S/C26H39N5O2/c1-17(2)30-26-23(16-28-30)21(14-20(5)31(26)11-9-7-6-8-10-12-31)24(32)27-15-22-18(3)13-19(4)29-25(22)33/h13,16-17,20-21H,6-12,14-15H2,1-5H3,(H-,27,29,32,33)/p+1. The highest BCUT2D eigenvalue weighted by Gasteiger charge is 2.49. The number of hydrogen-bond acceptors (Lipinski definition) is 3. The molecule has 0 aliphatic carbocycles. The quantitative estimate of drug-likeness (QED) is 0.679. The van der Waals surface area contributed by atoms with E-state index in [1.165, 1.54) is 37.9 Å². The molecule has 1 saturated heterocycles. The van der Waals surface area contributed by atoms with Gasteiger partial charge in [0, 0.05) is 24.2 Å². The SMILES string of the molecule is Cc1cc(C)c(CNC(=O)C2CC(C)[N+]3(CCCCCCC3)c3c2cnn3C(C)C)c(=O)[nH]1. The molecule has 180 valence electrons. The molecule has 2 atom stereocenters. The van der Waals surface area contributed by atoms with Crippen LogP contribution in [0.15, 0.2) is 17.1 Å². The molecule has 0 radical (unpaired) electrons. The molecular weight excluding hydrogens is 414 g/mol. The minimum Gasteiger partial charge on any atom is -0.351 e. The van der Waals surface area contributed by atoms with Crippen LogP contribution in [0.4, 0.5) is 5.82 Å². The van der Waals surface area contributed by atoms with Crippen molar-refractivity contribution in [2.45, 2.75) is 97.7 Å². The average Bonchev–Trinajstić information content (AvgIpc) is 3.17. The van der Waals surface area contributed by atoms with Gasteiger partial charge in [-0.2, -0.15) is 5.10 Å². The van der Waals surface area contributed by atoms with E-state index in [-0.39, 0.29) is 30.0 Å². The number of nitrogens with one attached hydrogen (secondary N) is 2. The summed E-state index contributed by atoms with van der Waals surface area (Å²) in [6.45, 7) is 13.0. The zero-order valence-electron chi connectivity index (χ0n) is 20.9. The number of fused-ring (bicyclic) bond motifs is 2. The van der Waals surface area contributed by atoms with Crippen molar-refractivity contribution in [2.75, 3.05) is 13.1 Å². The molecule has 4 heterocycles. The molecule has 1 fully saturated rings. The molecule has 0 bridgehead atoms. The maximum atomic E-state index is 13.5. The lowest BCUT2D eigenvalue weighted by atomic mass is 9.85. The van der Waals surface area contributed by atoms with Gasteiger partial charge in [0.2, 0.25) is 11.7 Å². The summed E-state index contributed by atoms with van der Waals surface area (Å²) in [6.07, 6.45) is 9.09. The first kappa shape index (κ1) is 23.7. The number of amides is 1. The van der Waals surface area contributed by atoms with Crippen LogP contribution in [0, 0.1) is 13.8 Å². The summed E-state index contributed by atoms with van der Waals surface area (Å²) in [4.78, 5) is 28.7. The highest BCUT2D eigenvalue weighted by atomic mass is 16.2. The van der Waals surface area contributed by atoms with Crippen molar-refractivity contribution in [3.05, 3.63) is 45.0 Å². The smallest absolute Gasteiger partial charge is 0.253 e. The first-order valence-corrected chi connectivity index (χ1v) is 12.7. The van der Waals surface area contributed by atoms with Gasteiger partial charge in [-0.05, 0) is 71.9 Å². The summed E-state index contributed by atoms with van der Waals surface area (Å²) in [5, 5.41) is 7.87. The van der Waals surface area contributed by atoms with Gasteiger partial charge in [-0.15, -0.1) is 0 Å². The number of carbonyl (C=O) groups excluding carboxylic acids is 1. The third kappa shape index (κ3) is 4.39. The number of aryl methyl sites for hydroxylation is 2.